The third-order valence-corrected chi connectivity index (χ3v) is 3.60. The second kappa shape index (κ2) is 9.15. The zero-order valence-electron chi connectivity index (χ0n) is 13.8. The lowest BCUT2D eigenvalue weighted by Gasteiger charge is -2.21. The third kappa shape index (κ3) is 6.06. The summed E-state index contributed by atoms with van der Waals surface area (Å²) in [6.45, 7) is 12.7. The Labute approximate surface area is 124 Å². The van der Waals surface area contributed by atoms with E-state index in [1.165, 1.54) is 11.1 Å². The number of ether oxygens (including phenoxy) is 1. The summed E-state index contributed by atoms with van der Waals surface area (Å²) in [5.74, 6) is 0.708. The van der Waals surface area contributed by atoms with Crippen LogP contribution in [-0.4, -0.2) is 19.3 Å². The van der Waals surface area contributed by atoms with E-state index in [0.717, 1.165) is 26.0 Å². The van der Waals surface area contributed by atoms with E-state index in [9.17, 15) is 0 Å². The molecule has 1 aromatic rings. The fourth-order valence-electron chi connectivity index (χ4n) is 2.26. The first-order chi connectivity index (χ1) is 9.56. The molecule has 1 N–H and O–H groups in total. The summed E-state index contributed by atoms with van der Waals surface area (Å²) in [6.07, 6.45) is 2.54. The van der Waals surface area contributed by atoms with Crippen molar-refractivity contribution >= 4 is 0 Å². The smallest absolute Gasteiger partial charge is 0.0665 e. The molecule has 0 heterocycles. The molecule has 0 fully saturated rings. The van der Waals surface area contributed by atoms with Crippen molar-refractivity contribution in [3.05, 3.63) is 35.4 Å². The van der Waals surface area contributed by atoms with Crippen molar-refractivity contribution in [3.8, 4) is 0 Å². The molecule has 1 aromatic carbocycles. The van der Waals surface area contributed by atoms with Crippen LogP contribution in [0, 0.1) is 5.92 Å². The Balaban J connectivity index is 2.65. The molecule has 0 amide bonds. The molecule has 0 spiro atoms. The monoisotopic (exact) mass is 277 g/mol. The minimum atomic E-state index is 0.294. The van der Waals surface area contributed by atoms with Crippen LogP contribution in [0.5, 0.6) is 0 Å². The highest BCUT2D eigenvalue weighted by Crippen LogP contribution is 2.17. The summed E-state index contributed by atoms with van der Waals surface area (Å²) >= 11 is 0. The molecular weight excluding hydrogens is 246 g/mol. The van der Waals surface area contributed by atoms with E-state index in [1.54, 1.807) is 0 Å². The van der Waals surface area contributed by atoms with Gasteiger partial charge >= 0.3 is 0 Å². The van der Waals surface area contributed by atoms with Gasteiger partial charge in [-0.25, -0.2) is 0 Å². The molecule has 2 nitrogen and oxygen atoms in total. The fraction of sp³-hybridized carbons (Fsp3) is 0.667. The van der Waals surface area contributed by atoms with Crippen LogP contribution in [0.4, 0.5) is 0 Å². The Bertz CT molecular complexity index is 358. The molecule has 0 saturated heterocycles. The molecule has 1 rings (SSSR count). The Kier molecular flexibility index (Phi) is 7.86. The topological polar surface area (TPSA) is 21.3 Å². The molecule has 0 bridgehead atoms. The zero-order chi connectivity index (χ0) is 15.0. The molecule has 0 radical (unpaired) electrons. The predicted molar refractivity (Wildman–Crippen MR) is 87.1 cm³/mol. The molecule has 0 saturated carbocycles. The lowest BCUT2D eigenvalue weighted by atomic mass is 9.99. The Morgan fingerprint density at radius 3 is 2.20 bits per heavy atom. The standard InChI is InChI=1S/C18H31NO/c1-6-15(5)20-13-18(19-7-2)17-10-8-16(9-11-17)12-14(3)4/h8-11,14-15,18-19H,6-7,12-13H2,1-5H3. The number of benzene rings is 1. The second-order valence-electron chi connectivity index (χ2n) is 6.00. The molecule has 0 aliphatic carbocycles. The average molecular weight is 277 g/mol. The van der Waals surface area contributed by atoms with Gasteiger partial charge in [0.05, 0.1) is 18.8 Å². The quantitative estimate of drug-likeness (QED) is 0.724. The van der Waals surface area contributed by atoms with Crippen molar-refractivity contribution in [1.82, 2.24) is 5.32 Å². The van der Waals surface area contributed by atoms with Gasteiger partial charge in [-0.3, -0.25) is 0 Å². The third-order valence-electron chi connectivity index (χ3n) is 3.60. The first-order valence-corrected chi connectivity index (χ1v) is 8.00. The summed E-state index contributed by atoms with van der Waals surface area (Å²) in [5.41, 5.74) is 2.74. The van der Waals surface area contributed by atoms with Crippen LogP contribution in [0.2, 0.25) is 0 Å². The van der Waals surface area contributed by atoms with Gasteiger partial charge in [0.15, 0.2) is 0 Å². The van der Waals surface area contributed by atoms with E-state index in [0.29, 0.717) is 18.1 Å². The van der Waals surface area contributed by atoms with Crippen LogP contribution >= 0.6 is 0 Å². The van der Waals surface area contributed by atoms with Gasteiger partial charge in [-0.1, -0.05) is 52.0 Å². The molecule has 0 aliphatic heterocycles. The maximum atomic E-state index is 5.89. The zero-order valence-corrected chi connectivity index (χ0v) is 13.8. The van der Waals surface area contributed by atoms with Crippen LogP contribution in [0.1, 0.15) is 58.2 Å². The van der Waals surface area contributed by atoms with Crippen LogP contribution in [0.15, 0.2) is 24.3 Å². The van der Waals surface area contributed by atoms with E-state index in [-0.39, 0.29) is 0 Å². The van der Waals surface area contributed by atoms with Gasteiger partial charge in [-0.2, -0.15) is 0 Å². The molecule has 2 unspecified atom stereocenters. The first kappa shape index (κ1) is 17.2. The minimum absolute atomic E-state index is 0.294. The summed E-state index contributed by atoms with van der Waals surface area (Å²) < 4.78 is 5.89. The lowest BCUT2D eigenvalue weighted by molar-refractivity contribution is 0.0476. The highest BCUT2D eigenvalue weighted by atomic mass is 16.5. The molecule has 20 heavy (non-hydrogen) atoms. The van der Waals surface area contributed by atoms with E-state index in [1.807, 2.05) is 0 Å². The maximum absolute atomic E-state index is 5.89. The predicted octanol–water partition coefficient (Wildman–Crippen LogP) is 4.35. The summed E-state index contributed by atoms with van der Waals surface area (Å²) in [6, 6.07) is 9.28. The highest BCUT2D eigenvalue weighted by Gasteiger charge is 2.12. The van der Waals surface area contributed by atoms with Crippen molar-refractivity contribution in [1.29, 1.82) is 0 Å². The highest BCUT2D eigenvalue weighted by molar-refractivity contribution is 5.25. The molecular formula is C18H31NO. The van der Waals surface area contributed by atoms with E-state index < -0.39 is 0 Å². The number of likely N-dealkylation sites (N-methyl/N-ethyl adjacent to an activating group) is 1. The van der Waals surface area contributed by atoms with E-state index in [4.69, 9.17) is 4.74 Å². The molecule has 0 aliphatic rings. The van der Waals surface area contributed by atoms with Crippen molar-refractivity contribution in [2.45, 2.75) is 59.6 Å². The van der Waals surface area contributed by atoms with Gasteiger partial charge in [0, 0.05) is 0 Å². The normalized spacial score (nSPS) is 14.5. The minimum Gasteiger partial charge on any atom is -0.377 e. The fourth-order valence-corrected chi connectivity index (χ4v) is 2.26. The molecule has 0 aromatic heterocycles. The van der Waals surface area contributed by atoms with Gasteiger partial charge in [0.25, 0.3) is 0 Å². The molecule has 114 valence electrons. The Morgan fingerprint density at radius 2 is 1.70 bits per heavy atom. The molecule has 2 atom stereocenters. The Hall–Kier alpha value is -0.860. The summed E-state index contributed by atoms with van der Waals surface area (Å²) in [7, 11) is 0. The van der Waals surface area contributed by atoms with Crippen molar-refractivity contribution in [2.75, 3.05) is 13.2 Å². The number of rotatable bonds is 9. The summed E-state index contributed by atoms with van der Waals surface area (Å²) in [5, 5.41) is 3.51. The van der Waals surface area contributed by atoms with Gasteiger partial charge in [0.1, 0.15) is 0 Å². The average Bonchev–Trinajstić information content (AvgIpc) is 2.43. The van der Waals surface area contributed by atoms with Crippen LogP contribution < -0.4 is 5.32 Å². The summed E-state index contributed by atoms with van der Waals surface area (Å²) in [4.78, 5) is 0. The maximum Gasteiger partial charge on any atom is 0.0665 e. The van der Waals surface area contributed by atoms with Crippen molar-refractivity contribution < 1.29 is 4.74 Å². The van der Waals surface area contributed by atoms with E-state index >= 15 is 0 Å². The SMILES string of the molecule is CCNC(COC(C)CC)c1ccc(CC(C)C)cc1. The molecule has 2 heteroatoms. The van der Waals surface area contributed by atoms with Crippen LogP contribution in [-0.2, 0) is 11.2 Å². The number of hydrogen-bond donors (Lipinski definition) is 1. The van der Waals surface area contributed by atoms with Crippen molar-refractivity contribution in [2.24, 2.45) is 5.92 Å². The number of nitrogens with one attached hydrogen (secondary N) is 1. The van der Waals surface area contributed by atoms with Crippen molar-refractivity contribution in [3.63, 3.8) is 0 Å². The van der Waals surface area contributed by atoms with Crippen LogP contribution in [0.25, 0.3) is 0 Å². The lowest BCUT2D eigenvalue weighted by Crippen LogP contribution is -2.27. The largest absolute Gasteiger partial charge is 0.377 e. The van der Waals surface area contributed by atoms with Gasteiger partial charge in [-0.05, 0) is 43.4 Å². The van der Waals surface area contributed by atoms with Gasteiger partial charge < -0.3 is 10.1 Å². The van der Waals surface area contributed by atoms with Gasteiger partial charge in [0.2, 0.25) is 0 Å². The number of hydrogen-bond acceptors (Lipinski definition) is 2. The first-order valence-electron chi connectivity index (χ1n) is 8.00. The second-order valence-corrected chi connectivity index (χ2v) is 6.00. The Morgan fingerprint density at radius 1 is 1.05 bits per heavy atom. The van der Waals surface area contributed by atoms with Crippen LogP contribution in [0.3, 0.4) is 0 Å². The van der Waals surface area contributed by atoms with E-state index in [2.05, 4.69) is 64.2 Å². The van der Waals surface area contributed by atoms with Gasteiger partial charge in [-0.15, -0.1) is 0 Å².